The number of urea groups is 1. The Bertz CT molecular complexity index is 1180. The molecule has 3 aromatic heterocycles. The van der Waals surface area contributed by atoms with E-state index in [0.717, 1.165) is 48.5 Å². The van der Waals surface area contributed by atoms with Crippen molar-refractivity contribution < 1.29 is 4.79 Å². The number of carbonyl (C=O) groups excluding carboxylic acids is 1. The summed E-state index contributed by atoms with van der Waals surface area (Å²) in [4.78, 5) is 28.8. The minimum absolute atomic E-state index is 0.0920. The second kappa shape index (κ2) is 8.06. The van der Waals surface area contributed by atoms with E-state index in [1.165, 1.54) is 11.5 Å². The molecule has 2 amide bonds. The fourth-order valence-electron chi connectivity index (χ4n) is 5.08. The molecule has 1 aliphatic carbocycles. The first-order chi connectivity index (χ1) is 15.4. The Morgan fingerprint density at radius 3 is 2.78 bits per heavy atom. The Labute approximate surface area is 190 Å². The van der Waals surface area contributed by atoms with Crippen molar-refractivity contribution in [2.45, 2.75) is 38.6 Å². The fraction of sp³-hybridized carbons (Fsp3) is 0.500. The number of hydrogen-bond donors (Lipinski definition) is 2. The highest BCUT2D eigenvalue weighted by molar-refractivity contribution is 7.09. The number of H-pyrrole nitrogens is 1. The summed E-state index contributed by atoms with van der Waals surface area (Å²) in [5, 5.41) is 14.1. The molecule has 3 aromatic rings. The molecule has 2 N–H and O–H groups in total. The molecule has 32 heavy (non-hydrogen) atoms. The van der Waals surface area contributed by atoms with Crippen molar-refractivity contribution in [3.8, 4) is 6.07 Å². The first-order valence-corrected chi connectivity index (χ1v) is 11.7. The van der Waals surface area contributed by atoms with Crippen molar-refractivity contribution in [1.82, 2.24) is 24.2 Å². The Morgan fingerprint density at radius 2 is 2.12 bits per heavy atom. The van der Waals surface area contributed by atoms with Gasteiger partial charge in [-0.3, -0.25) is 5.32 Å². The molecule has 0 radical (unpaired) electrons. The number of nitrogens with one attached hydrogen (secondary N) is 2. The van der Waals surface area contributed by atoms with E-state index in [0.29, 0.717) is 28.6 Å². The van der Waals surface area contributed by atoms with E-state index in [1.807, 2.05) is 31.0 Å². The zero-order valence-electron chi connectivity index (χ0n) is 18.4. The van der Waals surface area contributed by atoms with Crippen molar-refractivity contribution >= 4 is 39.4 Å². The monoisotopic (exact) mass is 450 g/mol. The molecule has 1 unspecified atom stereocenters. The molecule has 1 saturated carbocycles. The van der Waals surface area contributed by atoms with Gasteiger partial charge in [-0.25, -0.2) is 14.8 Å². The average Bonchev–Trinajstić information content (AvgIpc) is 3.54. The number of carbonyl (C=O) groups is 1. The number of pyridine rings is 1. The van der Waals surface area contributed by atoms with Gasteiger partial charge < -0.3 is 14.8 Å². The zero-order chi connectivity index (χ0) is 22.4. The fourth-order valence-corrected chi connectivity index (χ4v) is 5.78. The molecule has 0 aromatic carbocycles. The Balaban J connectivity index is 1.25. The normalized spacial score (nSPS) is 22.3. The number of anilines is 2. The number of fused-ring (bicyclic) bond motifs is 2. The van der Waals surface area contributed by atoms with Gasteiger partial charge in [0.05, 0.1) is 11.3 Å². The average molecular weight is 451 g/mol. The van der Waals surface area contributed by atoms with Gasteiger partial charge in [-0.15, -0.1) is 0 Å². The standard InChI is InChI=1S/C22H26N8OS/c1-12(2)19-26-21(32-28-19)27-22(31)30-10-13-6-16(7-14(13)11-30)29(3)18-15(8-23)9-25-20-17(18)4-5-24-20/h4-5,9,12-14,16H,6-7,10-11H2,1-3H3,(H,24,25)(H,26,27,28,31)/t13-,14+,16?. The zero-order valence-corrected chi connectivity index (χ0v) is 19.2. The summed E-state index contributed by atoms with van der Waals surface area (Å²) in [6.07, 6.45) is 5.50. The van der Waals surface area contributed by atoms with Gasteiger partial charge in [0.15, 0.2) is 0 Å². The first-order valence-electron chi connectivity index (χ1n) is 10.9. The molecule has 1 saturated heterocycles. The van der Waals surface area contributed by atoms with Crippen LogP contribution in [0.5, 0.6) is 0 Å². The Kier molecular flexibility index (Phi) is 5.21. The number of rotatable bonds is 4. The lowest BCUT2D eigenvalue weighted by atomic mass is 10.0. The number of nitrogens with zero attached hydrogens (tertiary/aromatic N) is 6. The van der Waals surface area contributed by atoms with Crippen molar-refractivity contribution in [3.63, 3.8) is 0 Å². The van der Waals surface area contributed by atoms with Crippen LogP contribution in [0.4, 0.5) is 15.6 Å². The molecular formula is C22H26N8OS. The van der Waals surface area contributed by atoms with Gasteiger partial charge in [-0.1, -0.05) is 13.8 Å². The van der Waals surface area contributed by atoms with Crippen LogP contribution in [0, 0.1) is 23.2 Å². The minimum Gasteiger partial charge on any atom is -0.370 e. The van der Waals surface area contributed by atoms with Gasteiger partial charge in [0.25, 0.3) is 0 Å². The Hall–Kier alpha value is -3.19. The van der Waals surface area contributed by atoms with E-state index in [9.17, 15) is 10.1 Å². The molecule has 0 spiro atoms. The highest BCUT2D eigenvalue weighted by Gasteiger charge is 2.44. The maximum absolute atomic E-state index is 12.8. The highest BCUT2D eigenvalue weighted by atomic mass is 32.1. The lowest BCUT2D eigenvalue weighted by Crippen LogP contribution is -2.36. The second-order valence-electron chi connectivity index (χ2n) is 9.08. The highest BCUT2D eigenvalue weighted by Crippen LogP contribution is 2.42. The lowest BCUT2D eigenvalue weighted by Gasteiger charge is -2.29. The van der Waals surface area contributed by atoms with Crippen molar-refractivity contribution in [1.29, 1.82) is 5.26 Å². The van der Waals surface area contributed by atoms with Crippen LogP contribution in [0.3, 0.4) is 0 Å². The van der Waals surface area contributed by atoms with E-state index in [-0.39, 0.29) is 11.9 Å². The van der Waals surface area contributed by atoms with E-state index < -0.39 is 0 Å². The quantitative estimate of drug-likeness (QED) is 0.625. The number of aromatic nitrogens is 4. The third kappa shape index (κ3) is 3.56. The largest absolute Gasteiger partial charge is 0.370 e. The predicted octanol–water partition coefficient (Wildman–Crippen LogP) is 3.79. The van der Waals surface area contributed by atoms with Gasteiger partial charge in [-0.2, -0.15) is 9.64 Å². The SMILES string of the molecule is CC(C)c1nsc(NC(=O)N2C[C@H]3CC(N(C)c4c(C#N)cnc5[nH]ccc45)C[C@H]3C2)n1. The molecule has 166 valence electrons. The van der Waals surface area contributed by atoms with Crippen LogP contribution in [-0.4, -0.2) is 56.4 Å². The molecule has 5 rings (SSSR count). The van der Waals surface area contributed by atoms with Crippen LogP contribution in [0.1, 0.15) is 44.0 Å². The summed E-state index contributed by atoms with van der Waals surface area (Å²) in [6, 6.07) is 4.52. The predicted molar refractivity (Wildman–Crippen MR) is 124 cm³/mol. The van der Waals surface area contributed by atoms with Gasteiger partial charge in [0.1, 0.15) is 17.5 Å². The Morgan fingerprint density at radius 1 is 1.38 bits per heavy atom. The third-order valence-corrected chi connectivity index (χ3v) is 7.41. The van der Waals surface area contributed by atoms with E-state index >= 15 is 0 Å². The maximum atomic E-state index is 12.8. The van der Waals surface area contributed by atoms with Gasteiger partial charge >= 0.3 is 6.03 Å². The number of amides is 2. The van der Waals surface area contributed by atoms with Crippen molar-refractivity contribution in [2.24, 2.45) is 11.8 Å². The summed E-state index contributed by atoms with van der Waals surface area (Å²) < 4.78 is 4.30. The van der Waals surface area contributed by atoms with E-state index in [1.54, 1.807) is 6.20 Å². The number of nitriles is 1. The van der Waals surface area contributed by atoms with Crippen molar-refractivity contribution in [2.75, 3.05) is 30.4 Å². The van der Waals surface area contributed by atoms with Crippen LogP contribution >= 0.6 is 11.5 Å². The number of hydrogen-bond acceptors (Lipinski definition) is 7. The van der Waals surface area contributed by atoms with Crippen LogP contribution < -0.4 is 10.2 Å². The van der Waals surface area contributed by atoms with E-state index in [4.69, 9.17) is 0 Å². The van der Waals surface area contributed by atoms with Crippen molar-refractivity contribution in [3.05, 3.63) is 29.8 Å². The summed E-state index contributed by atoms with van der Waals surface area (Å²) in [5.74, 6) is 1.93. The maximum Gasteiger partial charge on any atom is 0.323 e. The van der Waals surface area contributed by atoms with Crippen LogP contribution in [0.15, 0.2) is 18.5 Å². The van der Waals surface area contributed by atoms with E-state index in [2.05, 4.69) is 42.7 Å². The summed E-state index contributed by atoms with van der Waals surface area (Å²) in [6.45, 7) is 5.57. The molecule has 10 heteroatoms. The van der Waals surface area contributed by atoms with Crippen LogP contribution in [0.2, 0.25) is 0 Å². The molecule has 1 aliphatic heterocycles. The van der Waals surface area contributed by atoms with Gasteiger partial charge in [0, 0.05) is 61.4 Å². The molecule has 2 fully saturated rings. The minimum atomic E-state index is -0.0920. The third-order valence-electron chi connectivity index (χ3n) is 6.76. The number of likely N-dealkylation sites (tertiary alicyclic amines) is 1. The number of aromatic amines is 1. The van der Waals surface area contributed by atoms with Crippen LogP contribution in [0.25, 0.3) is 11.0 Å². The molecule has 9 nitrogen and oxygen atoms in total. The topological polar surface area (TPSA) is 114 Å². The first kappa shape index (κ1) is 20.7. The smallest absolute Gasteiger partial charge is 0.323 e. The summed E-state index contributed by atoms with van der Waals surface area (Å²) in [7, 11) is 2.07. The molecular weight excluding hydrogens is 424 g/mol. The van der Waals surface area contributed by atoms with Gasteiger partial charge in [-0.05, 0) is 30.7 Å². The molecule has 2 aliphatic rings. The molecule has 0 bridgehead atoms. The summed E-state index contributed by atoms with van der Waals surface area (Å²) >= 11 is 1.23. The molecule has 3 atom stereocenters. The second-order valence-corrected chi connectivity index (χ2v) is 9.83. The lowest BCUT2D eigenvalue weighted by molar-refractivity contribution is 0.218. The van der Waals surface area contributed by atoms with Crippen LogP contribution in [-0.2, 0) is 0 Å². The van der Waals surface area contributed by atoms with Gasteiger partial charge in [0.2, 0.25) is 5.13 Å². The molecule has 4 heterocycles. The summed E-state index contributed by atoms with van der Waals surface area (Å²) in [5.41, 5.74) is 2.33.